The van der Waals surface area contributed by atoms with Crippen molar-refractivity contribution in [2.45, 2.75) is 39.4 Å². The number of aliphatic carboxylic acids is 1. The zero-order chi connectivity index (χ0) is 14.8. The third kappa shape index (κ3) is 4.38. The Hall–Kier alpha value is -1.30. The van der Waals surface area contributed by atoms with E-state index in [4.69, 9.17) is 9.84 Å². The summed E-state index contributed by atoms with van der Waals surface area (Å²) in [6.07, 6.45) is -0.0157. The number of nitrogens with zero attached hydrogens (tertiary/aromatic N) is 2. The van der Waals surface area contributed by atoms with Gasteiger partial charge in [-0.15, -0.1) is 0 Å². The number of carbonyl (C=O) groups excluding carboxylic acids is 1. The van der Waals surface area contributed by atoms with E-state index in [0.717, 1.165) is 0 Å². The lowest BCUT2D eigenvalue weighted by Gasteiger charge is -2.43. The Morgan fingerprint density at radius 2 is 2.11 bits per heavy atom. The van der Waals surface area contributed by atoms with Crippen LogP contribution < -0.4 is 0 Å². The Kier molecular flexibility index (Phi) is 4.79. The van der Waals surface area contributed by atoms with E-state index in [1.54, 1.807) is 18.9 Å². The first-order chi connectivity index (χ1) is 8.62. The van der Waals surface area contributed by atoms with Crippen LogP contribution in [0.2, 0.25) is 0 Å². The predicted octanol–water partition coefficient (Wildman–Crippen LogP) is 1.26. The fourth-order valence-electron chi connectivity index (χ4n) is 2.41. The van der Waals surface area contributed by atoms with Crippen molar-refractivity contribution in [3.63, 3.8) is 0 Å². The van der Waals surface area contributed by atoms with Crippen molar-refractivity contribution >= 4 is 12.0 Å². The van der Waals surface area contributed by atoms with Gasteiger partial charge in [-0.3, -0.25) is 4.79 Å². The van der Waals surface area contributed by atoms with E-state index in [0.29, 0.717) is 13.1 Å². The highest BCUT2D eigenvalue weighted by atomic mass is 16.5. The molecular formula is C13H24N2O4. The van der Waals surface area contributed by atoms with Gasteiger partial charge in [-0.2, -0.15) is 0 Å². The molecule has 2 unspecified atom stereocenters. The van der Waals surface area contributed by atoms with Gasteiger partial charge < -0.3 is 19.6 Å². The Labute approximate surface area is 114 Å². The van der Waals surface area contributed by atoms with E-state index in [1.165, 1.54) is 4.90 Å². The summed E-state index contributed by atoms with van der Waals surface area (Å²) in [5, 5.41) is 8.88. The zero-order valence-corrected chi connectivity index (χ0v) is 12.3. The van der Waals surface area contributed by atoms with Crippen molar-refractivity contribution < 1.29 is 19.4 Å². The molecule has 0 aromatic carbocycles. The molecule has 1 saturated heterocycles. The highest BCUT2D eigenvalue weighted by Gasteiger charge is 2.35. The number of ether oxygens (including phenoxy) is 1. The molecule has 1 heterocycles. The Bertz CT molecular complexity index is 357. The predicted molar refractivity (Wildman–Crippen MR) is 71.0 cm³/mol. The van der Waals surface area contributed by atoms with Gasteiger partial charge in [-0.1, -0.05) is 6.92 Å². The van der Waals surface area contributed by atoms with Gasteiger partial charge in [0.1, 0.15) is 0 Å². The second-order valence-electron chi connectivity index (χ2n) is 5.97. The third-order valence-corrected chi connectivity index (χ3v) is 3.14. The highest BCUT2D eigenvalue weighted by molar-refractivity contribution is 5.76. The molecule has 1 fully saturated rings. The summed E-state index contributed by atoms with van der Waals surface area (Å²) < 4.78 is 5.75. The van der Waals surface area contributed by atoms with Crippen LogP contribution in [0.4, 0.5) is 4.79 Å². The van der Waals surface area contributed by atoms with E-state index in [-0.39, 0.29) is 24.3 Å². The van der Waals surface area contributed by atoms with Gasteiger partial charge in [-0.05, 0) is 20.8 Å². The van der Waals surface area contributed by atoms with Crippen molar-refractivity contribution in [1.29, 1.82) is 0 Å². The molecule has 0 aromatic rings. The average Bonchev–Trinajstić information content (AvgIpc) is 2.24. The minimum Gasteiger partial charge on any atom is -0.481 e. The van der Waals surface area contributed by atoms with Crippen LogP contribution in [-0.4, -0.2) is 65.3 Å². The number of amides is 2. The summed E-state index contributed by atoms with van der Waals surface area (Å²) in [5.41, 5.74) is -0.368. The molecule has 1 aliphatic heterocycles. The number of hydrogen-bond donors (Lipinski definition) is 1. The Balaban J connectivity index is 2.63. The van der Waals surface area contributed by atoms with E-state index in [9.17, 15) is 9.59 Å². The standard InChI is InChI=1S/C13H24N2O4/c1-9(11(16)17)6-14(5)12(18)15-7-10(2)19-13(3,4)8-15/h9-10H,6-8H2,1-5H3,(H,16,17). The highest BCUT2D eigenvalue weighted by Crippen LogP contribution is 2.21. The zero-order valence-electron chi connectivity index (χ0n) is 12.3. The van der Waals surface area contributed by atoms with Crippen LogP contribution in [-0.2, 0) is 9.53 Å². The minimum absolute atomic E-state index is 0.0157. The summed E-state index contributed by atoms with van der Waals surface area (Å²) in [5.74, 6) is -1.46. The largest absolute Gasteiger partial charge is 0.481 e. The van der Waals surface area contributed by atoms with Crippen molar-refractivity contribution in [2.24, 2.45) is 5.92 Å². The van der Waals surface area contributed by atoms with Crippen LogP contribution in [0.3, 0.4) is 0 Å². The van der Waals surface area contributed by atoms with Crippen molar-refractivity contribution in [2.75, 3.05) is 26.7 Å². The molecule has 0 radical (unpaired) electrons. The van der Waals surface area contributed by atoms with Gasteiger partial charge in [-0.25, -0.2) is 4.79 Å². The summed E-state index contributed by atoms with van der Waals surface area (Å²) in [6.45, 7) is 8.68. The summed E-state index contributed by atoms with van der Waals surface area (Å²) >= 11 is 0. The van der Waals surface area contributed by atoms with Gasteiger partial charge in [0.2, 0.25) is 0 Å². The lowest BCUT2D eigenvalue weighted by atomic mass is 10.1. The molecule has 1 N–H and O–H groups in total. The van der Waals surface area contributed by atoms with Crippen LogP contribution in [0.15, 0.2) is 0 Å². The minimum atomic E-state index is -0.893. The van der Waals surface area contributed by atoms with Crippen LogP contribution in [0, 0.1) is 5.92 Å². The molecular weight excluding hydrogens is 248 g/mol. The average molecular weight is 272 g/mol. The maximum atomic E-state index is 12.3. The van der Waals surface area contributed by atoms with Gasteiger partial charge in [0.15, 0.2) is 0 Å². The molecule has 1 rings (SSSR count). The van der Waals surface area contributed by atoms with Gasteiger partial charge in [0.25, 0.3) is 0 Å². The monoisotopic (exact) mass is 272 g/mol. The van der Waals surface area contributed by atoms with Crippen LogP contribution >= 0.6 is 0 Å². The summed E-state index contributed by atoms with van der Waals surface area (Å²) in [6, 6.07) is -0.142. The molecule has 1 aliphatic rings. The van der Waals surface area contributed by atoms with E-state index in [1.807, 2.05) is 20.8 Å². The first-order valence-corrected chi connectivity index (χ1v) is 6.53. The molecule has 6 heteroatoms. The van der Waals surface area contributed by atoms with Crippen molar-refractivity contribution in [3.05, 3.63) is 0 Å². The summed E-state index contributed by atoms with van der Waals surface area (Å²) in [4.78, 5) is 26.3. The lowest BCUT2D eigenvalue weighted by molar-refractivity contribution is -0.141. The van der Waals surface area contributed by atoms with Gasteiger partial charge >= 0.3 is 12.0 Å². The number of carboxylic acid groups (broad SMARTS) is 1. The number of morpholine rings is 1. The first-order valence-electron chi connectivity index (χ1n) is 6.53. The van der Waals surface area contributed by atoms with Crippen molar-refractivity contribution in [3.8, 4) is 0 Å². The van der Waals surface area contributed by atoms with Gasteiger partial charge in [0.05, 0.1) is 24.2 Å². The molecule has 0 aliphatic carbocycles. The molecule has 0 spiro atoms. The molecule has 6 nitrogen and oxygen atoms in total. The van der Waals surface area contributed by atoms with Crippen molar-refractivity contribution in [1.82, 2.24) is 9.80 Å². The van der Waals surface area contributed by atoms with Crippen LogP contribution in [0.25, 0.3) is 0 Å². The molecule has 2 amide bonds. The van der Waals surface area contributed by atoms with E-state index >= 15 is 0 Å². The molecule has 0 aromatic heterocycles. The normalized spacial score (nSPS) is 23.8. The fraction of sp³-hybridized carbons (Fsp3) is 0.846. The molecule has 0 bridgehead atoms. The quantitative estimate of drug-likeness (QED) is 0.839. The van der Waals surface area contributed by atoms with E-state index < -0.39 is 11.9 Å². The number of rotatable bonds is 3. The second-order valence-corrected chi connectivity index (χ2v) is 5.97. The van der Waals surface area contributed by atoms with Gasteiger partial charge in [0, 0.05) is 20.1 Å². The van der Waals surface area contributed by atoms with E-state index in [2.05, 4.69) is 0 Å². The van der Waals surface area contributed by atoms with Crippen LogP contribution in [0.5, 0.6) is 0 Å². The SMILES string of the molecule is CC1CN(C(=O)N(C)CC(C)C(=O)O)CC(C)(C)O1. The Morgan fingerprint density at radius 3 is 2.58 bits per heavy atom. The summed E-state index contributed by atoms with van der Waals surface area (Å²) in [7, 11) is 1.63. The maximum Gasteiger partial charge on any atom is 0.319 e. The molecule has 19 heavy (non-hydrogen) atoms. The molecule has 110 valence electrons. The molecule has 0 saturated carbocycles. The number of hydrogen-bond acceptors (Lipinski definition) is 3. The Morgan fingerprint density at radius 1 is 1.53 bits per heavy atom. The number of carboxylic acids is 1. The number of carbonyl (C=O) groups is 2. The van der Waals surface area contributed by atoms with Crippen LogP contribution in [0.1, 0.15) is 27.7 Å². The number of urea groups is 1. The topological polar surface area (TPSA) is 70.1 Å². The first kappa shape index (κ1) is 15.8. The fourth-order valence-corrected chi connectivity index (χ4v) is 2.41. The smallest absolute Gasteiger partial charge is 0.319 e. The lowest BCUT2D eigenvalue weighted by Crippen LogP contribution is -2.56. The molecule has 2 atom stereocenters. The third-order valence-electron chi connectivity index (χ3n) is 3.14. The second kappa shape index (κ2) is 5.77. The maximum absolute atomic E-state index is 12.3.